The van der Waals surface area contributed by atoms with E-state index < -0.39 is 23.4 Å². The second kappa shape index (κ2) is 3.75. The van der Waals surface area contributed by atoms with E-state index in [-0.39, 0.29) is 19.3 Å². The summed E-state index contributed by atoms with van der Waals surface area (Å²) in [6, 6.07) is 1.93. The van der Waals surface area contributed by atoms with Crippen molar-refractivity contribution in [1.82, 2.24) is 0 Å². The average molecular weight is 212 g/mol. The number of alkyl halides is 4. The molecule has 5 heteroatoms. The van der Waals surface area contributed by atoms with Crippen LogP contribution in [0, 0.1) is 23.2 Å². The van der Waals surface area contributed by atoms with Crippen molar-refractivity contribution in [3.8, 4) is 6.07 Å². The standard InChI is InChI=1S/C8H9ClF3N/c9-7-3-6(8(10,11)12)2-1-5(7)4-13/h5-7H,1-3H2/t5-,6-,7+/m1/s1. The van der Waals surface area contributed by atoms with Gasteiger partial charge in [0.25, 0.3) is 0 Å². The Balaban J connectivity index is 2.57. The maximum Gasteiger partial charge on any atom is 0.391 e. The predicted molar refractivity (Wildman–Crippen MR) is 42.1 cm³/mol. The monoisotopic (exact) mass is 211 g/mol. The quantitative estimate of drug-likeness (QED) is 0.565. The van der Waals surface area contributed by atoms with Gasteiger partial charge in [0.15, 0.2) is 0 Å². The van der Waals surface area contributed by atoms with Gasteiger partial charge in [-0.05, 0) is 19.3 Å². The Bertz CT molecular complexity index is 220. The van der Waals surface area contributed by atoms with Crippen LogP contribution in [0.2, 0.25) is 0 Å². The van der Waals surface area contributed by atoms with Crippen molar-refractivity contribution in [3.05, 3.63) is 0 Å². The van der Waals surface area contributed by atoms with Crippen LogP contribution >= 0.6 is 11.6 Å². The maximum absolute atomic E-state index is 12.2. The van der Waals surface area contributed by atoms with Gasteiger partial charge in [-0.3, -0.25) is 0 Å². The fourth-order valence-electron chi connectivity index (χ4n) is 1.56. The summed E-state index contributed by atoms with van der Waals surface area (Å²) in [5, 5.41) is 7.89. The number of halogens is 4. The van der Waals surface area contributed by atoms with Crippen LogP contribution in [-0.4, -0.2) is 11.6 Å². The van der Waals surface area contributed by atoms with Gasteiger partial charge in [-0.15, -0.1) is 11.6 Å². The molecule has 0 aromatic rings. The lowest BCUT2D eigenvalue weighted by Gasteiger charge is -2.30. The highest BCUT2D eigenvalue weighted by molar-refractivity contribution is 6.21. The third kappa shape index (κ3) is 2.50. The Morgan fingerprint density at radius 2 is 1.92 bits per heavy atom. The molecule has 0 aliphatic heterocycles. The molecular weight excluding hydrogens is 203 g/mol. The Morgan fingerprint density at radius 1 is 1.31 bits per heavy atom. The second-order valence-corrected chi connectivity index (χ2v) is 3.86. The smallest absolute Gasteiger partial charge is 0.198 e. The van der Waals surface area contributed by atoms with Gasteiger partial charge in [-0.25, -0.2) is 0 Å². The Labute approximate surface area is 79.5 Å². The zero-order valence-corrected chi connectivity index (χ0v) is 7.57. The second-order valence-electron chi connectivity index (χ2n) is 3.30. The van der Waals surface area contributed by atoms with Crippen molar-refractivity contribution in [2.75, 3.05) is 0 Å². The van der Waals surface area contributed by atoms with E-state index in [1.165, 1.54) is 0 Å². The summed E-state index contributed by atoms with van der Waals surface area (Å²) in [4.78, 5) is 0. The fraction of sp³-hybridized carbons (Fsp3) is 0.875. The lowest BCUT2D eigenvalue weighted by molar-refractivity contribution is -0.182. The highest BCUT2D eigenvalue weighted by atomic mass is 35.5. The number of rotatable bonds is 0. The van der Waals surface area contributed by atoms with Crippen molar-refractivity contribution in [3.63, 3.8) is 0 Å². The van der Waals surface area contributed by atoms with Gasteiger partial charge >= 0.3 is 6.18 Å². The van der Waals surface area contributed by atoms with Crippen LogP contribution in [0.4, 0.5) is 13.2 Å². The van der Waals surface area contributed by atoms with Crippen LogP contribution in [0.15, 0.2) is 0 Å². The zero-order chi connectivity index (χ0) is 10.1. The zero-order valence-electron chi connectivity index (χ0n) is 6.81. The molecule has 3 atom stereocenters. The van der Waals surface area contributed by atoms with Gasteiger partial charge < -0.3 is 0 Å². The van der Waals surface area contributed by atoms with Crippen molar-refractivity contribution in [1.29, 1.82) is 5.26 Å². The molecule has 1 fully saturated rings. The molecule has 1 nitrogen and oxygen atoms in total. The molecule has 13 heavy (non-hydrogen) atoms. The molecule has 0 heterocycles. The Morgan fingerprint density at radius 3 is 2.31 bits per heavy atom. The van der Waals surface area contributed by atoms with E-state index in [2.05, 4.69) is 0 Å². The van der Waals surface area contributed by atoms with E-state index >= 15 is 0 Å². The molecule has 1 aliphatic rings. The topological polar surface area (TPSA) is 23.8 Å². The highest BCUT2D eigenvalue weighted by Crippen LogP contribution is 2.41. The summed E-state index contributed by atoms with van der Waals surface area (Å²) >= 11 is 5.66. The van der Waals surface area contributed by atoms with Crippen LogP contribution in [-0.2, 0) is 0 Å². The third-order valence-electron chi connectivity index (χ3n) is 2.40. The first-order valence-electron chi connectivity index (χ1n) is 4.05. The molecule has 0 radical (unpaired) electrons. The molecular formula is C8H9ClF3N. The van der Waals surface area contributed by atoms with Crippen molar-refractivity contribution >= 4 is 11.6 Å². The lowest BCUT2D eigenvalue weighted by atomic mass is 9.82. The summed E-state index contributed by atoms with van der Waals surface area (Å²) in [6.07, 6.45) is -3.99. The van der Waals surface area contributed by atoms with Crippen molar-refractivity contribution in [2.45, 2.75) is 30.8 Å². The van der Waals surface area contributed by atoms with E-state index in [0.29, 0.717) is 0 Å². The molecule has 0 saturated heterocycles. The van der Waals surface area contributed by atoms with Gasteiger partial charge in [0.05, 0.1) is 17.9 Å². The van der Waals surface area contributed by atoms with Gasteiger partial charge in [-0.2, -0.15) is 18.4 Å². The van der Waals surface area contributed by atoms with Crippen LogP contribution in [0.3, 0.4) is 0 Å². The van der Waals surface area contributed by atoms with Crippen molar-refractivity contribution < 1.29 is 13.2 Å². The molecule has 1 saturated carbocycles. The first-order valence-corrected chi connectivity index (χ1v) is 4.49. The minimum Gasteiger partial charge on any atom is -0.198 e. The first kappa shape index (κ1) is 10.6. The Kier molecular flexibility index (Phi) is 3.07. The summed E-state index contributed by atoms with van der Waals surface area (Å²) in [6.45, 7) is 0. The predicted octanol–water partition coefficient (Wildman–Crippen LogP) is 3.10. The number of hydrogen-bond donors (Lipinski definition) is 0. The SMILES string of the molecule is N#C[C@H]1CC[C@@H](C(F)(F)F)C[C@@H]1Cl. The van der Waals surface area contributed by atoms with Gasteiger partial charge in [0, 0.05) is 5.38 Å². The van der Waals surface area contributed by atoms with E-state index in [1.54, 1.807) is 0 Å². The van der Waals surface area contributed by atoms with Gasteiger partial charge in [-0.1, -0.05) is 0 Å². The molecule has 0 unspecified atom stereocenters. The molecule has 74 valence electrons. The molecule has 1 rings (SSSR count). The summed E-state index contributed by atoms with van der Waals surface area (Å²) in [5.74, 6) is -1.74. The van der Waals surface area contributed by atoms with Crippen LogP contribution in [0.25, 0.3) is 0 Å². The van der Waals surface area contributed by atoms with E-state index in [1.807, 2.05) is 6.07 Å². The summed E-state index contributed by atoms with van der Waals surface area (Å²) < 4.78 is 36.6. The van der Waals surface area contributed by atoms with E-state index in [4.69, 9.17) is 16.9 Å². The van der Waals surface area contributed by atoms with E-state index in [0.717, 1.165) is 0 Å². The minimum atomic E-state index is -4.16. The molecule has 0 aromatic heterocycles. The van der Waals surface area contributed by atoms with Crippen LogP contribution < -0.4 is 0 Å². The average Bonchev–Trinajstić information content (AvgIpc) is 2.02. The van der Waals surface area contributed by atoms with E-state index in [9.17, 15) is 13.2 Å². The molecule has 0 spiro atoms. The van der Waals surface area contributed by atoms with Gasteiger partial charge in [0.2, 0.25) is 0 Å². The molecule has 0 aromatic carbocycles. The molecule has 0 bridgehead atoms. The maximum atomic E-state index is 12.2. The van der Waals surface area contributed by atoms with Gasteiger partial charge in [0.1, 0.15) is 0 Å². The minimum absolute atomic E-state index is 0.0327. The normalized spacial score (nSPS) is 35.5. The lowest BCUT2D eigenvalue weighted by Crippen LogP contribution is -2.33. The number of hydrogen-bond acceptors (Lipinski definition) is 1. The summed E-state index contributed by atoms with van der Waals surface area (Å²) in [7, 11) is 0. The summed E-state index contributed by atoms with van der Waals surface area (Å²) in [5.41, 5.74) is 0. The molecule has 0 amide bonds. The van der Waals surface area contributed by atoms with Crippen molar-refractivity contribution in [2.24, 2.45) is 11.8 Å². The molecule has 0 N–H and O–H groups in total. The highest BCUT2D eigenvalue weighted by Gasteiger charge is 2.44. The van der Waals surface area contributed by atoms with Crippen LogP contribution in [0.5, 0.6) is 0 Å². The fourth-order valence-corrected chi connectivity index (χ4v) is 1.96. The molecule has 1 aliphatic carbocycles. The Hall–Kier alpha value is -0.430. The number of nitriles is 1. The largest absolute Gasteiger partial charge is 0.391 e. The number of nitrogens with zero attached hydrogens (tertiary/aromatic N) is 1. The first-order chi connectivity index (χ1) is 5.95. The van der Waals surface area contributed by atoms with Crippen LogP contribution in [0.1, 0.15) is 19.3 Å². The third-order valence-corrected chi connectivity index (χ3v) is 2.88.